The number of nitrogens with zero attached hydrogens (tertiary/aromatic N) is 1. The minimum atomic E-state index is -4.58. The molecule has 0 radical (unpaired) electrons. The molecule has 0 unspecified atom stereocenters. The van der Waals surface area contributed by atoms with Crippen molar-refractivity contribution in [1.82, 2.24) is 4.90 Å². The summed E-state index contributed by atoms with van der Waals surface area (Å²) in [7, 11) is 0.0104. The first-order valence-electron chi connectivity index (χ1n) is 6.10. The second kappa shape index (κ2) is 6.29. The first kappa shape index (κ1) is 16.8. The van der Waals surface area contributed by atoms with Gasteiger partial charge in [-0.05, 0) is 25.2 Å². The van der Waals surface area contributed by atoms with Gasteiger partial charge in [0.15, 0.2) is 0 Å². The number of rotatable bonds is 1. The molecular formula is C12H10BBrF3NO4. The monoisotopic (exact) mass is 379 g/mol. The highest BCUT2D eigenvalue weighted by Gasteiger charge is 2.37. The molecule has 0 spiro atoms. The Morgan fingerprint density at radius 3 is 2.18 bits per heavy atom. The SMILES string of the molecule is CN1CC(=O)OB(c2cc(Br)cc(C(F)(F)F)c2)OC(=O)C1. The Labute approximate surface area is 132 Å². The summed E-state index contributed by atoms with van der Waals surface area (Å²) in [6, 6.07) is 2.96. The van der Waals surface area contributed by atoms with Gasteiger partial charge in [0.2, 0.25) is 0 Å². The zero-order valence-electron chi connectivity index (χ0n) is 11.3. The lowest BCUT2D eigenvalue weighted by Crippen LogP contribution is -2.48. The van der Waals surface area contributed by atoms with E-state index in [4.69, 9.17) is 9.31 Å². The molecule has 0 amide bonds. The number of benzene rings is 1. The normalized spacial score (nSPS) is 17.6. The molecule has 2 rings (SSSR count). The van der Waals surface area contributed by atoms with Gasteiger partial charge in [0.1, 0.15) is 0 Å². The molecule has 1 heterocycles. The summed E-state index contributed by atoms with van der Waals surface area (Å²) in [6.07, 6.45) is -4.58. The van der Waals surface area contributed by atoms with E-state index in [1.165, 1.54) is 18.0 Å². The fraction of sp³-hybridized carbons (Fsp3) is 0.333. The van der Waals surface area contributed by atoms with E-state index >= 15 is 0 Å². The van der Waals surface area contributed by atoms with Gasteiger partial charge in [0.25, 0.3) is 0 Å². The van der Waals surface area contributed by atoms with E-state index in [0.29, 0.717) is 0 Å². The number of carbonyl (C=O) groups is 2. The zero-order valence-corrected chi connectivity index (χ0v) is 12.9. The summed E-state index contributed by atoms with van der Waals surface area (Å²) in [5.41, 5.74) is -1.02. The molecular weight excluding hydrogens is 370 g/mol. The van der Waals surface area contributed by atoms with E-state index in [-0.39, 0.29) is 23.0 Å². The summed E-state index contributed by atoms with van der Waals surface area (Å²) in [4.78, 5) is 24.6. The highest BCUT2D eigenvalue weighted by Crippen LogP contribution is 2.30. The molecule has 1 aliphatic rings. The Hall–Kier alpha value is -1.55. The van der Waals surface area contributed by atoms with Crippen molar-refractivity contribution in [2.75, 3.05) is 20.1 Å². The topological polar surface area (TPSA) is 55.8 Å². The van der Waals surface area contributed by atoms with E-state index in [1.807, 2.05) is 0 Å². The molecule has 0 N–H and O–H groups in total. The van der Waals surface area contributed by atoms with Crippen molar-refractivity contribution in [3.63, 3.8) is 0 Å². The molecule has 118 valence electrons. The van der Waals surface area contributed by atoms with Gasteiger partial charge >= 0.3 is 25.2 Å². The summed E-state index contributed by atoms with van der Waals surface area (Å²) in [5.74, 6) is -1.40. The summed E-state index contributed by atoms with van der Waals surface area (Å²) >= 11 is 2.96. The number of carbonyl (C=O) groups excluding carboxylic acids is 2. The highest BCUT2D eigenvalue weighted by molar-refractivity contribution is 9.10. The molecule has 0 aromatic heterocycles. The van der Waals surface area contributed by atoms with Crippen LogP contribution in [0.25, 0.3) is 0 Å². The maximum absolute atomic E-state index is 12.8. The molecule has 0 atom stereocenters. The second-order valence-corrected chi connectivity index (χ2v) is 5.67. The minimum absolute atomic E-state index is 0.0760. The second-order valence-electron chi connectivity index (χ2n) is 4.75. The number of hydrogen-bond acceptors (Lipinski definition) is 5. The summed E-state index contributed by atoms with van der Waals surface area (Å²) in [6.45, 7) is -0.322. The van der Waals surface area contributed by atoms with Crippen molar-refractivity contribution in [3.8, 4) is 0 Å². The van der Waals surface area contributed by atoms with Crippen LogP contribution in [-0.2, 0) is 25.1 Å². The smallest absolute Gasteiger partial charge is 0.494 e. The van der Waals surface area contributed by atoms with Gasteiger partial charge in [-0.25, -0.2) is 0 Å². The number of hydrogen-bond donors (Lipinski definition) is 0. The first-order chi connectivity index (χ1) is 10.1. The lowest BCUT2D eigenvalue weighted by atomic mass is 9.77. The van der Waals surface area contributed by atoms with E-state index in [2.05, 4.69) is 15.9 Å². The third kappa shape index (κ3) is 4.23. The van der Waals surface area contributed by atoms with Crippen LogP contribution in [-0.4, -0.2) is 44.1 Å². The van der Waals surface area contributed by atoms with Crippen molar-refractivity contribution in [3.05, 3.63) is 28.2 Å². The van der Waals surface area contributed by atoms with Crippen molar-refractivity contribution in [1.29, 1.82) is 0 Å². The zero-order chi connectivity index (χ0) is 16.5. The Balaban J connectivity index is 2.34. The number of likely N-dealkylation sites (N-methyl/N-ethyl adjacent to an activating group) is 1. The van der Waals surface area contributed by atoms with Crippen LogP contribution in [0.3, 0.4) is 0 Å². The van der Waals surface area contributed by atoms with E-state index in [9.17, 15) is 22.8 Å². The van der Waals surface area contributed by atoms with Crippen molar-refractivity contribution >= 4 is 40.4 Å². The fourth-order valence-corrected chi connectivity index (χ4v) is 2.39. The predicted molar refractivity (Wildman–Crippen MR) is 74.2 cm³/mol. The quantitative estimate of drug-likeness (QED) is 0.686. The number of halogens is 4. The van der Waals surface area contributed by atoms with Crippen LogP contribution in [0.4, 0.5) is 13.2 Å². The Bertz CT molecular complexity index is 591. The molecule has 1 aromatic rings. The molecule has 1 saturated heterocycles. The van der Waals surface area contributed by atoms with Crippen LogP contribution in [0.5, 0.6) is 0 Å². The fourth-order valence-electron chi connectivity index (χ4n) is 1.88. The minimum Gasteiger partial charge on any atom is -0.494 e. The number of alkyl halides is 3. The average Bonchev–Trinajstić information content (AvgIpc) is 2.34. The highest BCUT2D eigenvalue weighted by atomic mass is 79.9. The van der Waals surface area contributed by atoms with Crippen LogP contribution in [0.1, 0.15) is 5.56 Å². The van der Waals surface area contributed by atoms with Crippen LogP contribution < -0.4 is 5.46 Å². The van der Waals surface area contributed by atoms with Gasteiger partial charge in [0, 0.05) is 9.94 Å². The molecule has 1 aliphatic heterocycles. The maximum Gasteiger partial charge on any atom is 0.636 e. The van der Waals surface area contributed by atoms with E-state index < -0.39 is 30.8 Å². The van der Waals surface area contributed by atoms with Crippen LogP contribution in [0.2, 0.25) is 0 Å². The van der Waals surface area contributed by atoms with Gasteiger partial charge in [-0.3, -0.25) is 14.5 Å². The molecule has 1 fully saturated rings. The van der Waals surface area contributed by atoms with Crippen LogP contribution in [0, 0.1) is 0 Å². The molecule has 5 nitrogen and oxygen atoms in total. The van der Waals surface area contributed by atoms with Crippen molar-refractivity contribution < 1.29 is 32.1 Å². The molecule has 10 heteroatoms. The molecule has 22 heavy (non-hydrogen) atoms. The first-order valence-corrected chi connectivity index (χ1v) is 6.89. The van der Waals surface area contributed by atoms with Gasteiger partial charge in [0.05, 0.1) is 18.7 Å². The summed E-state index contributed by atoms with van der Waals surface area (Å²) < 4.78 is 48.5. The van der Waals surface area contributed by atoms with Gasteiger partial charge in [-0.15, -0.1) is 0 Å². The van der Waals surface area contributed by atoms with Gasteiger partial charge < -0.3 is 9.31 Å². The largest absolute Gasteiger partial charge is 0.636 e. The molecule has 0 bridgehead atoms. The van der Waals surface area contributed by atoms with Crippen LogP contribution >= 0.6 is 15.9 Å². The van der Waals surface area contributed by atoms with E-state index in [1.54, 1.807) is 0 Å². The lowest BCUT2D eigenvalue weighted by molar-refractivity contribution is -0.145. The molecule has 0 aliphatic carbocycles. The summed E-state index contributed by atoms with van der Waals surface area (Å²) in [5, 5.41) is 0. The van der Waals surface area contributed by atoms with Crippen molar-refractivity contribution in [2.24, 2.45) is 0 Å². The Morgan fingerprint density at radius 2 is 1.68 bits per heavy atom. The third-order valence-electron chi connectivity index (χ3n) is 2.79. The molecule has 1 aromatic carbocycles. The van der Waals surface area contributed by atoms with E-state index in [0.717, 1.165) is 12.1 Å². The Morgan fingerprint density at radius 1 is 1.14 bits per heavy atom. The Kier molecular flexibility index (Phi) is 4.81. The maximum atomic E-state index is 12.8. The van der Waals surface area contributed by atoms with Crippen LogP contribution in [0.15, 0.2) is 22.7 Å². The molecule has 0 saturated carbocycles. The third-order valence-corrected chi connectivity index (χ3v) is 3.25. The lowest BCUT2D eigenvalue weighted by Gasteiger charge is -2.23. The van der Waals surface area contributed by atoms with Gasteiger partial charge in [-0.2, -0.15) is 13.2 Å². The van der Waals surface area contributed by atoms with Crippen molar-refractivity contribution in [2.45, 2.75) is 6.18 Å². The standard InChI is InChI=1S/C12H10BBrF3NO4/c1-18-5-10(19)21-13(22-11(20)6-18)8-2-7(12(15,16)17)3-9(14)4-8/h2-4H,5-6H2,1H3. The predicted octanol–water partition coefficient (Wildman–Crippen LogP) is 1.19. The average molecular weight is 380 g/mol. The van der Waals surface area contributed by atoms with Gasteiger partial charge in [-0.1, -0.05) is 15.9 Å².